The number of nitrogens with one attached hydrogen (secondary N) is 2. The van der Waals surface area contributed by atoms with E-state index in [4.69, 9.17) is 0 Å². The van der Waals surface area contributed by atoms with Crippen LogP contribution in [0.25, 0.3) is 0 Å². The fourth-order valence-electron chi connectivity index (χ4n) is 3.67. The lowest BCUT2D eigenvalue weighted by Crippen LogP contribution is -2.37. The first-order valence-corrected chi connectivity index (χ1v) is 11.1. The highest BCUT2D eigenvalue weighted by molar-refractivity contribution is 5.98. The summed E-state index contributed by atoms with van der Waals surface area (Å²) < 4.78 is 0. The van der Waals surface area contributed by atoms with Crippen molar-refractivity contribution < 1.29 is 14.4 Å². The number of amides is 2. The van der Waals surface area contributed by atoms with Gasteiger partial charge in [-0.1, -0.05) is 72.8 Å². The maximum absolute atomic E-state index is 12.6. The molecule has 172 valence electrons. The van der Waals surface area contributed by atoms with Gasteiger partial charge in [-0.25, -0.2) is 4.79 Å². The van der Waals surface area contributed by atoms with Crippen LogP contribution in [-0.2, 0) is 0 Å². The number of rotatable bonds is 8. The summed E-state index contributed by atoms with van der Waals surface area (Å²) in [6, 6.07) is 17.9. The van der Waals surface area contributed by atoms with Gasteiger partial charge in [0.1, 0.15) is 0 Å². The zero-order valence-electron chi connectivity index (χ0n) is 18.7. The normalized spacial score (nSPS) is 14.8. The van der Waals surface area contributed by atoms with Crippen LogP contribution < -0.4 is 10.6 Å². The Kier molecular flexibility index (Phi) is 7.35. The highest BCUT2D eigenvalue weighted by Gasteiger charge is 2.15. The molecule has 2 aromatic rings. The lowest BCUT2D eigenvalue weighted by atomic mass is 10.1. The Morgan fingerprint density at radius 3 is 1.47 bits per heavy atom. The molecule has 0 aromatic heterocycles. The van der Waals surface area contributed by atoms with E-state index in [1.807, 2.05) is 61.0 Å². The monoisotopic (exact) mass is 454 g/mol. The van der Waals surface area contributed by atoms with Crippen molar-refractivity contribution in [2.24, 2.45) is 0 Å². The molecule has 34 heavy (non-hydrogen) atoms. The van der Waals surface area contributed by atoms with Crippen molar-refractivity contribution in [2.75, 3.05) is 13.1 Å². The molecule has 0 saturated carbocycles. The number of ketones is 2. The average Bonchev–Trinajstić information content (AvgIpc) is 2.85. The van der Waals surface area contributed by atoms with Crippen LogP contribution in [-0.4, -0.2) is 40.5 Å². The molecule has 0 unspecified atom stereocenters. The Bertz CT molecular complexity index is 1080. The molecule has 7 heteroatoms. The van der Waals surface area contributed by atoms with E-state index in [0.717, 1.165) is 0 Å². The van der Waals surface area contributed by atoms with Gasteiger partial charge in [-0.15, -0.1) is 0 Å². The van der Waals surface area contributed by atoms with Crippen molar-refractivity contribution in [3.63, 3.8) is 0 Å². The van der Waals surface area contributed by atoms with Crippen LogP contribution in [0.15, 0.2) is 109 Å². The quantitative estimate of drug-likeness (QED) is 0.585. The van der Waals surface area contributed by atoms with Crippen LogP contribution in [0.1, 0.15) is 33.6 Å². The third-order valence-corrected chi connectivity index (χ3v) is 5.30. The summed E-state index contributed by atoms with van der Waals surface area (Å²) in [5, 5.41) is 5.69. The van der Waals surface area contributed by atoms with E-state index >= 15 is 0 Å². The van der Waals surface area contributed by atoms with Gasteiger partial charge in [0.15, 0.2) is 11.6 Å². The van der Waals surface area contributed by atoms with Gasteiger partial charge < -0.3 is 20.4 Å². The largest absolute Gasteiger partial charge is 0.345 e. The number of allylic oxidation sites excluding steroid dienone is 2. The molecule has 0 aliphatic carbocycles. The van der Waals surface area contributed by atoms with E-state index in [1.54, 1.807) is 46.5 Å². The third-order valence-electron chi connectivity index (χ3n) is 5.30. The predicted octanol–water partition coefficient (Wildman–Crippen LogP) is 4.17. The molecular formula is C27H26N4O3. The lowest BCUT2D eigenvalue weighted by Gasteiger charge is -2.23. The molecule has 2 N–H and O–H groups in total. The van der Waals surface area contributed by atoms with E-state index in [2.05, 4.69) is 10.6 Å². The topological polar surface area (TPSA) is 81.8 Å². The zero-order valence-corrected chi connectivity index (χ0v) is 18.7. The minimum atomic E-state index is -0.369. The molecule has 0 spiro atoms. The smallest absolute Gasteiger partial charge is 0.323 e. The fourth-order valence-corrected chi connectivity index (χ4v) is 3.67. The summed E-state index contributed by atoms with van der Waals surface area (Å²) in [5.74, 6) is -0.00650. The number of carbonyl (C=O) groups is 3. The van der Waals surface area contributed by atoms with Crippen LogP contribution in [0.4, 0.5) is 4.79 Å². The number of Topliss-reactive ketones (excluding diaryl/α,β-unsaturated/α-hetero) is 2. The standard InChI is InChI=1S/C27H26N4O3/c32-25(21-9-3-1-4-10-21)19-30-15-7-13-23(17-30)28-27(34)29-24-14-8-16-31(18-24)20-26(33)22-11-5-2-6-12-22/h1-12,15-18H,13-14,19-20H2,(H2,28,29,34). The van der Waals surface area contributed by atoms with E-state index in [-0.39, 0.29) is 30.7 Å². The molecule has 0 bridgehead atoms. The van der Waals surface area contributed by atoms with Gasteiger partial charge in [0.25, 0.3) is 0 Å². The van der Waals surface area contributed by atoms with Crippen molar-refractivity contribution in [3.8, 4) is 0 Å². The van der Waals surface area contributed by atoms with Gasteiger partial charge in [-0.2, -0.15) is 0 Å². The van der Waals surface area contributed by atoms with Crippen LogP contribution in [0.2, 0.25) is 0 Å². The van der Waals surface area contributed by atoms with Crippen LogP contribution >= 0.6 is 0 Å². The van der Waals surface area contributed by atoms with Crippen molar-refractivity contribution in [3.05, 3.63) is 120 Å². The average molecular weight is 455 g/mol. The molecular weight excluding hydrogens is 428 g/mol. The first-order valence-electron chi connectivity index (χ1n) is 11.1. The molecule has 2 amide bonds. The Balaban J connectivity index is 1.30. The second-order valence-corrected chi connectivity index (χ2v) is 7.99. The molecule has 2 heterocycles. The molecule has 2 aliphatic heterocycles. The van der Waals surface area contributed by atoms with Crippen molar-refractivity contribution in [2.45, 2.75) is 12.8 Å². The number of benzene rings is 2. The summed E-state index contributed by atoms with van der Waals surface area (Å²) in [5.41, 5.74) is 2.66. The minimum absolute atomic E-state index is 0.00325. The molecule has 0 radical (unpaired) electrons. The molecule has 2 aromatic carbocycles. The van der Waals surface area contributed by atoms with Gasteiger partial charge in [-0.05, 0) is 0 Å². The second kappa shape index (κ2) is 11.0. The maximum atomic E-state index is 12.6. The Morgan fingerprint density at radius 2 is 1.06 bits per heavy atom. The van der Waals surface area contributed by atoms with E-state index in [9.17, 15) is 14.4 Å². The first-order chi connectivity index (χ1) is 16.6. The second-order valence-electron chi connectivity index (χ2n) is 7.99. The number of urea groups is 1. The predicted molar refractivity (Wildman–Crippen MR) is 130 cm³/mol. The summed E-state index contributed by atoms with van der Waals surface area (Å²) in [6.45, 7) is 0.376. The highest BCUT2D eigenvalue weighted by atomic mass is 16.2. The molecule has 7 nitrogen and oxygen atoms in total. The van der Waals surface area contributed by atoms with E-state index in [1.165, 1.54) is 0 Å². The number of hydrogen-bond acceptors (Lipinski definition) is 5. The SMILES string of the molecule is O=C(NC1=CN(CC(=O)c2ccccc2)C=CC1)NC1=CN(CC(=O)c2ccccc2)C=CC1. The van der Waals surface area contributed by atoms with Gasteiger partial charge >= 0.3 is 6.03 Å². The van der Waals surface area contributed by atoms with Crippen molar-refractivity contribution in [1.82, 2.24) is 20.4 Å². The molecule has 4 rings (SSSR count). The molecule has 0 saturated heterocycles. The Labute approximate surface area is 198 Å². The zero-order chi connectivity index (χ0) is 23.8. The fraction of sp³-hybridized carbons (Fsp3) is 0.148. The summed E-state index contributed by atoms with van der Waals surface area (Å²) in [7, 11) is 0. The first kappa shape index (κ1) is 22.8. The van der Waals surface area contributed by atoms with Crippen LogP contribution in [0.5, 0.6) is 0 Å². The van der Waals surface area contributed by atoms with Crippen molar-refractivity contribution in [1.29, 1.82) is 0 Å². The van der Waals surface area contributed by atoms with Crippen LogP contribution in [0, 0.1) is 0 Å². The van der Waals surface area contributed by atoms with E-state index in [0.29, 0.717) is 35.4 Å². The van der Waals surface area contributed by atoms with Gasteiger partial charge in [-0.3, -0.25) is 9.59 Å². The van der Waals surface area contributed by atoms with Gasteiger partial charge in [0.05, 0.1) is 13.1 Å². The van der Waals surface area contributed by atoms with Crippen molar-refractivity contribution >= 4 is 17.6 Å². The Hall–Kier alpha value is -4.39. The van der Waals surface area contributed by atoms with Gasteiger partial charge in [0, 0.05) is 60.2 Å². The maximum Gasteiger partial charge on any atom is 0.323 e. The third kappa shape index (κ3) is 6.32. The number of nitrogens with zero attached hydrogens (tertiary/aromatic N) is 2. The van der Waals surface area contributed by atoms with Crippen LogP contribution in [0.3, 0.4) is 0 Å². The Morgan fingerprint density at radius 1 is 0.647 bits per heavy atom. The highest BCUT2D eigenvalue weighted by Crippen LogP contribution is 2.13. The summed E-state index contributed by atoms with van der Waals surface area (Å²) in [4.78, 5) is 41.0. The van der Waals surface area contributed by atoms with Gasteiger partial charge in [0.2, 0.25) is 0 Å². The van der Waals surface area contributed by atoms with E-state index < -0.39 is 0 Å². The minimum Gasteiger partial charge on any atom is -0.345 e. The number of carbonyl (C=O) groups excluding carboxylic acids is 3. The molecule has 0 atom stereocenters. The molecule has 2 aliphatic rings. The lowest BCUT2D eigenvalue weighted by molar-refractivity contribution is 0.0961. The molecule has 0 fully saturated rings. The summed E-state index contributed by atoms with van der Waals surface area (Å²) >= 11 is 0. The summed E-state index contributed by atoms with van der Waals surface area (Å²) in [6.07, 6.45) is 12.1. The number of hydrogen-bond donors (Lipinski definition) is 2.